The van der Waals surface area contributed by atoms with Crippen LogP contribution in [0.15, 0.2) is 41.2 Å². The first kappa shape index (κ1) is 12.8. The Morgan fingerprint density at radius 2 is 2.20 bits per heavy atom. The minimum Gasteiger partial charge on any atom is -0.472 e. The van der Waals surface area contributed by atoms with E-state index >= 15 is 0 Å². The fourth-order valence-electron chi connectivity index (χ4n) is 1.80. The summed E-state index contributed by atoms with van der Waals surface area (Å²) in [6, 6.07) is 6.77. The van der Waals surface area contributed by atoms with Gasteiger partial charge in [0.25, 0.3) is 5.91 Å². The van der Waals surface area contributed by atoms with Crippen molar-refractivity contribution in [1.29, 1.82) is 0 Å². The molecule has 0 saturated heterocycles. The van der Waals surface area contributed by atoms with Gasteiger partial charge < -0.3 is 14.8 Å². The molecule has 20 heavy (non-hydrogen) atoms. The van der Waals surface area contributed by atoms with Crippen molar-refractivity contribution in [2.75, 3.05) is 6.54 Å². The summed E-state index contributed by atoms with van der Waals surface area (Å²) in [4.78, 5) is 12.0. The molecule has 7 heteroatoms. The topological polar surface area (TPSA) is 88.2 Å². The number of amides is 1. The molecule has 0 aliphatic carbocycles. The van der Waals surface area contributed by atoms with Gasteiger partial charge in [-0.05, 0) is 24.3 Å². The molecule has 102 valence electrons. The maximum Gasteiger partial charge on any atom is 0.251 e. The molecule has 3 aromatic rings. The van der Waals surface area contributed by atoms with Crippen molar-refractivity contribution in [2.24, 2.45) is 0 Å². The van der Waals surface area contributed by atoms with E-state index in [2.05, 4.69) is 14.1 Å². The fourth-order valence-corrected chi connectivity index (χ4v) is 2.31. The van der Waals surface area contributed by atoms with Crippen LogP contribution in [0.25, 0.3) is 11.0 Å². The molecule has 6 nitrogen and oxygen atoms in total. The highest BCUT2D eigenvalue weighted by Crippen LogP contribution is 2.14. The molecule has 0 bridgehead atoms. The average Bonchev–Trinajstić information content (AvgIpc) is 3.13. The SMILES string of the molecule is O=C(NC[C@@H](O)c1ccoc1)c1ccc2nsnc2c1. The Labute approximate surface area is 118 Å². The molecule has 1 amide bonds. The fraction of sp³-hybridized carbons (Fsp3) is 0.154. The third-order valence-corrected chi connectivity index (χ3v) is 3.46. The first-order valence-electron chi connectivity index (χ1n) is 5.95. The van der Waals surface area contributed by atoms with Gasteiger partial charge in [-0.1, -0.05) is 0 Å². The van der Waals surface area contributed by atoms with E-state index in [1.165, 1.54) is 12.5 Å². The summed E-state index contributed by atoms with van der Waals surface area (Å²) in [5, 5.41) is 12.5. The first-order chi connectivity index (χ1) is 9.74. The highest BCUT2D eigenvalue weighted by molar-refractivity contribution is 7.00. The lowest BCUT2D eigenvalue weighted by Crippen LogP contribution is -2.28. The summed E-state index contributed by atoms with van der Waals surface area (Å²) in [7, 11) is 0. The Bertz CT molecular complexity index is 723. The third kappa shape index (κ3) is 2.54. The molecule has 0 aliphatic heterocycles. The van der Waals surface area contributed by atoms with Crippen LogP contribution in [-0.4, -0.2) is 26.3 Å². The normalized spacial score (nSPS) is 12.4. The van der Waals surface area contributed by atoms with E-state index in [4.69, 9.17) is 4.42 Å². The number of nitrogens with zero attached hydrogens (tertiary/aromatic N) is 2. The van der Waals surface area contributed by atoms with Gasteiger partial charge in [-0.25, -0.2) is 0 Å². The molecule has 3 rings (SSSR count). The number of fused-ring (bicyclic) bond motifs is 1. The van der Waals surface area contributed by atoms with Crippen LogP contribution < -0.4 is 5.32 Å². The van der Waals surface area contributed by atoms with Gasteiger partial charge in [0.2, 0.25) is 0 Å². The maximum atomic E-state index is 12.0. The Morgan fingerprint density at radius 3 is 3.00 bits per heavy atom. The Hall–Kier alpha value is -2.25. The van der Waals surface area contributed by atoms with Gasteiger partial charge in [0.05, 0.1) is 30.4 Å². The molecule has 2 heterocycles. The molecule has 1 atom stereocenters. The summed E-state index contributed by atoms with van der Waals surface area (Å²) in [5.74, 6) is -0.262. The minimum absolute atomic E-state index is 0.117. The van der Waals surface area contributed by atoms with Crippen LogP contribution in [0.1, 0.15) is 22.0 Å². The van der Waals surface area contributed by atoms with Crippen molar-refractivity contribution in [3.05, 3.63) is 47.9 Å². The quantitative estimate of drug-likeness (QED) is 0.764. The monoisotopic (exact) mass is 289 g/mol. The van der Waals surface area contributed by atoms with Gasteiger partial charge in [0, 0.05) is 17.7 Å². The highest BCUT2D eigenvalue weighted by atomic mass is 32.1. The number of hydrogen-bond donors (Lipinski definition) is 2. The molecule has 0 radical (unpaired) electrons. The first-order valence-corrected chi connectivity index (χ1v) is 6.68. The molecule has 0 unspecified atom stereocenters. The largest absolute Gasteiger partial charge is 0.472 e. The predicted molar refractivity (Wildman–Crippen MR) is 73.4 cm³/mol. The van der Waals surface area contributed by atoms with Gasteiger partial charge in [-0.3, -0.25) is 4.79 Å². The van der Waals surface area contributed by atoms with Crippen LogP contribution in [-0.2, 0) is 0 Å². The molecule has 2 aromatic heterocycles. The van der Waals surface area contributed by atoms with Crippen LogP contribution in [0.3, 0.4) is 0 Å². The molecule has 0 fully saturated rings. The summed E-state index contributed by atoms with van der Waals surface area (Å²) in [5.41, 5.74) is 2.58. The number of furan rings is 1. The summed E-state index contributed by atoms with van der Waals surface area (Å²) >= 11 is 1.11. The van der Waals surface area contributed by atoms with Crippen molar-refractivity contribution in [2.45, 2.75) is 6.10 Å². The Kier molecular flexibility index (Phi) is 3.44. The predicted octanol–water partition coefficient (Wildman–Crippen LogP) is 1.75. The molecule has 0 saturated carbocycles. The lowest BCUT2D eigenvalue weighted by atomic mass is 10.1. The number of nitrogens with one attached hydrogen (secondary N) is 1. The maximum absolute atomic E-state index is 12.0. The number of aliphatic hydroxyl groups is 1. The molecular formula is C13H11N3O3S. The van der Waals surface area contributed by atoms with Gasteiger partial charge in [0.1, 0.15) is 11.0 Å². The Balaban J connectivity index is 1.66. The number of carbonyl (C=O) groups is 1. The van der Waals surface area contributed by atoms with Crippen LogP contribution in [0, 0.1) is 0 Å². The van der Waals surface area contributed by atoms with Crippen molar-refractivity contribution in [3.8, 4) is 0 Å². The van der Waals surface area contributed by atoms with Crippen LogP contribution >= 0.6 is 11.7 Å². The van der Waals surface area contributed by atoms with Crippen LogP contribution in [0.4, 0.5) is 0 Å². The van der Waals surface area contributed by atoms with Gasteiger partial charge in [-0.15, -0.1) is 0 Å². The zero-order valence-corrected chi connectivity index (χ0v) is 11.1. The second-order valence-electron chi connectivity index (χ2n) is 4.25. The summed E-state index contributed by atoms with van der Waals surface area (Å²) in [6.07, 6.45) is 2.13. The van der Waals surface area contributed by atoms with Gasteiger partial charge in [-0.2, -0.15) is 8.75 Å². The lowest BCUT2D eigenvalue weighted by molar-refractivity contribution is 0.0916. The van der Waals surface area contributed by atoms with E-state index in [9.17, 15) is 9.90 Å². The average molecular weight is 289 g/mol. The highest BCUT2D eigenvalue weighted by Gasteiger charge is 2.12. The van der Waals surface area contributed by atoms with E-state index < -0.39 is 6.10 Å². The van der Waals surface area contributed by atoms with Gasteiger partial charge in [0.15, 0.2) is 0 Å². The smallest absolute Gasteiger partial charge is 0.251 e. The molecule has 0 aliphatic rings. The number of carbonyl (C=O) groups excluding carboxylic acids is 1. The number of aromatic nitrogens is 2. The van der Waals surface area contributed by atoms with E-state index in [1.54, 1.807) is 24.3 Å². The van der Waals surface area contributed by atoms with E-state index in [0.29, 0.717) is 16.6 Å². The van der Waals surface area contributed by atoms with E-state index in [0.717, 1.165) is 17.2 Å². The Morgan fingerprint density at radius 1 is 1.35 bits per heavy atom. The van der Waals surface area contributed by atoms with Gasteiger partial charge >= 0.3 is 0 Å². The number of hydrogen-bond acceptors (Lipinski definition) is 6. The van der Waals surface area contributed by atoms with Crippen molar-refractivity contribution >= 4 is 28.7 Å². The van der Waals surface area contributed by atoms with Crippen LogP contribution in [0.5, 0.6) is 0 Å². The zero-order valence-electron chi connectivity index (χ0n) is 10.3. The van der Waals surface area contributed by atoms with Crippen molar-refractivity contribution in [1.82, 2.24) is 14.1 Å². The molecular weight excluding hydrogens is 278 g/mol. The minimum atomic E-state index is -0.789. The molecule has 2 N–H and O–H groups in total. The van der Waals surface area contributed by atoms with E-state index in [-0.39, 0.29) is 12.5 Å². The standard InChI is InChI=1S/C13H11N3O3S/c17-12(9-3-4-19-7-9)6-14-13(18)8-1-2-10-11(5-8)16-20-15-10/h1-5,7,12,17H,6H2,(H,14,18)/t12-/m1/s1. The second kappa shape index (κ2) is 5.40. The van der Waals surface area contributed by atoms with Crippen molar-refractivity contribution in [3.63, 3.8) is 0 Å². The third-order valence-electron chi connectivity index (χ3n) is 2.90. The van der Waals surface area contributed by atoms with E-state index in [1.807, 2.05) is 0 Å². The number of benzene rings is 1. The number of aliphatic hydroxyl groups excluding tert-OH is 1. The zero-order chi connectivity index (χ0) is 13.9. The number of rotatable bonds is 4. The van der Waals surface area contributed by atoms with Crippen LogP contribution in [0.2, 0.25) is 0 Å². The summed E-state index contributed by atoms with van der Waals surface area (Å²) < 4.78 is 13.0. The second-order valence-corrected chi connectivity index (χ2v) is 4.78. The summed E-state index contributed by atoms with van der Waals surface area (Å²) in [6.45, 7) is 0.117. The molecule has 0 spiro atoms. The molecule has 1 aromatic carbocycles. The van der Waals surface area contributed by atoms with Crippen molar-refractivity contribution < 1.29 is 14.3 Å². The lowest BCUT2D eigenvalue weighted by Gasteiger charge is -2.10.